The van der Waals surface area contributed by atoms with Gasteiger partial charge < -0.3 is 4.90 Å². The normalized spacial score (nSPS) is 18.3. The third-order valence-electron chi connectivity index (χ3n) is 3.61. The summed E-state index contributed by atoms with van der Waals surface area (Å²) in [7, 11) is -3.48. The van der Waals surface area contributed by atoms with Gasteiger partial charge in [0.2, 0.25) is 10.0 Å². The molecule has 4 nitrogen and oxygen atoms in total. The van der Waals surface area contributed by atoms with E-state index in [9.17, 15) is 12.8 Å². The van der Waals surface area contributed by atoms with Gasteiger partial charge in [-0.05, 0) is 37.2 Å². The fourth-order valence-corrected chi connectivity index (χ4v) is 3.75. The first-order valence-corrected chi connectivity index (χ1v) is 8.46. The Bertz CT molecular complexity index is 523. The van der Waals surface area contributed by atoms with E-state index in [1.54, 1.807) is 0 Å². The lowest BCUT2D eigenvalue weighted by Gasteiger charge is -2.33. The van der Waals surface area contributed by atoms with Gasteiger partial charge in [-0.25, -0.2) is 12.8 Å². The number of piperazine rings is 1. The van der Waals surface area contributed by atoms with Gasteiger partial charge in [0.15, 0.2) is 0 Å². The van der Waals surface area contributed by atoms with Gasteiger partial charge >= 0.3 is 0 Å². The fourth-order valence-electron chi connectivity index (χ4n) is 2.33. The van der Waals surface area contributed by atoms with Crippen LogP contribution >= 0.6 is 0 Å². The molecule has 0 spiro atoms. The lowest BCUT2D eigenvalue weighted by molar-refractivity contribution is 0.186. The van der Waals surface area contributed by atoms with E-state index in [2.05, 4.69) is 11.8 Å². The van der Waals surface area contributed by atoms with Crippen molar-refractivity contribution in [2.75, 3.05) is 32.7 Å². The molecule has 1 aliphatic heterocycles. The zero-order valence-electron chi connectivity index (χ0n) is 11.8. The van der Waals surface area contributed by atoms with Gasteiger partial charge in [0.25, 0.3) is 0 Å². The summed E-state index contributed by atoms with van der Waals surface area (Å²) >= 11 is 0. The van der Waals surface area contributed by atoms with E-state index in [1.807, 2.05) is 0 Å². The number of benzene rings is 1. The first-order valence-electron chi connectivity index (χ1n) is 7.02. The predicted molar refractivity (Wildman–Crippen MR) is 76.5 cm³/mol. The van der Waals surface area contributed by atoms with Crippen molar-refractivity contribution in [3.8, 4) is 0 Å². The molecule has 1 aromatic carbocycles. The van der Waals surface area contributed by atoms with Crippen LogP contribution in [0.25, 0.3) is 0 Å². The minimum atomic E-state index is -3.48. The Kier molecular flexibility index (Phi) is 5.12. The van der Waals surface area contributed by atoms with Crippen LogP contribution in [0.3, 0.4) is 0 Å². The van der Waals surface area contributed by atoms with Gasteiger partial charge in [0.05, 0.1) is 4.90 Å². The molecule has 0 aromatic heterocycles. The monoisotopic (exact) mass is 300 g/mol. The molecule has 112 valence electrons. The highest BCUT2D eigenvalue weighted by Gasteiger charge is 2.28. The van der Waals surface area contributed by atoms with Gasteiger partial charge in [-0.1, -0.05) is 13.3 Å². The number of unbranched alkanes of at least 4 members (excludes halogenated alkanes) is 1. The van der Waals surface area contributed by atoms with Crippen molar-refractivity contribution in [1.82, 2.24) is 9.21 Å². The minimum absolute atomic E-state index is 0.168. The van der Waals surface area contributed by atoms with Crippen LogP contribution in [-0.2, 0) is 10.0 Å². The van der Waals surface area contributed by atoms with Crippen LogP contribution < -0.4 is 0 Å². The SMILES string of the molecule is CCCCN1CCN(S(=O)(=O)c2ccc(F)cc2)CC1. The molecule has 1 aliphatic rings. The summed E-state index contributed by atoms with van der Waals surface area (Å²) in [5, 5.41) is 0. The van der Waals surface area contributed by atoms with Crippen LogP contribution in [0.5, 0.6) is 0 Å². The lowest BCUT2D eigenvalue weighted by Crippen LogP contribution is -2.48. The largest absolute Gasteiger partial charge is 0.301 e. The van der Waals surface area contributed by atoms with Gasteiger partial charge in [0.1, 0.15) is 5.82 Å². The van der Waals surface area contributed by atoms with Crippen molar-refractivity contribution in [3.63, 3.8) is 0 Å². The second-order valence-electron chi connectivity index (χ2n) is 5.05. The van der Waals surface area contributed by atoms with Crippen molar-refractivity contribution >= 4 is 10.0 Å². The van der Waals surface area contributed by atoms with E-state index in [1.165, 1.54) is 28.6 Å². The smallest absolute Gasteiger partial charge is 0.243 e. The third kappa shape index (κ3) is 3.56. The Morgan fingerprint density at radius 3 is 2.25 bits per heavy atom. The summed E-state index contributed by atoms with van der Waals surface area (Å²) in [6.07, 6.45) is 2.29. The topological polar surface area (TPSA) is 40.6 Å². The number of rotatable bonds is 5. The molecular weight excluding hydrogens is 279 g/mol. The molecule has 1 saturated heterocycles. The van der Waals surface area contributed by atoms with Crippen LogP contribution in [-0.4, -0.2) is 50.3 Å². The highest BCUT2D eigenvalue weighted by atomic mass is 32.2. The first-order chi connectivity index (χ1) is 9.54. The summed E-state index contributed by atoms with van der Waals surface area (Å²) < 4.78 is 39.2. The van der Waals surface area contributed by atoms with Gasteiger partial charge in [-0.2, -0.15) is 4.31 Å². The zero-order valence-corrected chi connectivity index (χ0v) is 12.6. The average Bonchev–Trinajstić information content (AvgIpc) is 2.46. The summed E-state index contributed by atoms with van der Waals surface area (Å²) in [4.78, 5) is 2.46. The summed E-state index contributed by atoms with van der Waals surface area (Å²) in [5.74, 6) is -0.423. The molecular formula is C14H21FN2O2S. The molecule has 0 atom stereocenters. The number of halogens is 1. The highest BCUT2D eigenvalue weighted by molar-refractivity contribution is 7.89. The van der Waals surface area contributed by atoms with Crippen molar-refractivity contribution in [2.24, 2.45) is 0 Å². The van der Waals surface area contributed by atoms with Crippen LogP contribution in [0, 0.1) is 5.82 Å². The Morgan fingerprint density at radius 2 is 1.70 bits per heavy atom. The van der Waals surface area contributed by atoms with E-state index in [4.69, 9.17) is 0 Å². The molecule has 1 heterocycles. The van der Waals surface area contributed by atoms with E-state index in [0.29, 0.717) is 13.1 Å². The van der Waals surface area contributed by atoms with Crippen molar-refractivity contribution in [3.05, 3.63) is 30.1 Å². The summed E-state index contributed by atoms with van der Waals surface area (Å²) in [5.41, 5.74) is 0. The van der Waals surface area contributed by atoms with Crippen LogP contribution in [0.4, 0.5) is 4.39 Å². The molecule has 0 saturated carbocycles. The molecule has 0 radical (unpaired) electrons. The number of nitrogens with zero attached hydrogens (tertiary/aromatic N) is 2. The lowest BCUT2D eigenvalue weighted by atomic mass is 10.3. The number of hydrogen-bond donors (Lipinski definition) is 0. The Balaban J connectivity index is 2.00. The van der Waals surface area contributed by atoms with Gasteiger partial charge in [-0.15, -0.1) is 0 Å². The second kappa shape index (κ2) is 6.65. The number of hydrogen-bond acceptors (Lipinski definition) is 3. The molecule has 0 amide bonds. The summed E-state index contributed by atoms with van der Waals surface area (Å²) in [6.45, 7) is 5.71. The quantitative estimate of drug-likeness (QED) is 0.834. The average molecular weight is 300 g/mol. The molecule has 0 bridgehead atoms. The molecule has 6 heteroatoms. The molecule has 1 aromatic rings. The van der Waals surface area contributed by atoms with E-state index >= 15 is 0 Å². The molecule has 0 aliphatic carbocycles. The van der Waals surface area contributed by atoms with Gasteiger partial charge in [0, 0.05) is 26.2 Å². The van der Waals surface area contributed by atoms with Gasteiger partial charge in [-0.3, -0.25) is 0 Å². The maximum Gasteiger partial charge on any atom is 0.243 e. The van der Waals surface area contributed by atoms with Crippen molar-refractivity contribution < 1.29 is 12.8 Å². The maximum atomic E-state index is 12.9. The standard InChI is InChI=1S/C14H21FN2O2S/c1-2-3-8-16-9-11-17(12-10-16)20(18,19)14-6-4-13(15)5-7-14/h4-7H,2-3,8-12H2,1H3. The highest BCUT2D eigenvalue weighted by Crippen LogP contribution is 2.18. The van der Waals surface area contributed by atoms with Crippen molar-refractivity contribution in [2.45, 2.75) is 24.7 Å². The van der Waals surface area contributed by atoms with E-state index in [0.717, 1.165) is 32.5 Å². The molecule has 20 heavy (non-hydrogen) atoms. The van der Waals surface area contributed by atoms with Crippen LogP contribution in [0.2, 0.25) is 0 Å². The predicted octanol–water partition coefficient (Wildman–Crippen LogP) is 1.93. The van der Waals surface area contributed by atoms with E-state index < -0.39 is 15.8 Å². The Labute approximate surface area is 120 Å². The summed E-state index contributed by atoms with van der Waals surface area (Å²) in [6, 6.07) is 5.02. The Hall–Kier alpha value is -0.980. The molecule has 1 fully saturated rings. The minimum Gasteiger partial charge on any atom is -0.301 e. The van der Waals surface area contributed by atoms with Crippen LogP contribution in [0.1, 0.15) is 19.8 Å². The maximum absolute atomic E-state index is 12.9. The molecule has 2 rings (SSSR count). The molecule has 0 unspecified atom stereocenters. The van der Waals surface area contributed by atoms with Crippen molar-refractivity contribution in [1.29, 1.82) is 0 Å². The third-order valence-corrected chi connectivity index (χ3v) is 5.52. The first kappa shape index (κ1) is 15.4. The zero-order chi connectivity index (χ0) is 14.6. The van der Waals surface area contributed by atoms with E-state index in [-0.39, 0.29) is 4.90 Å². The molecule has 0 N–H and O–H groups in total. The Morgan fingerprint density at radius 1 is 1.10 bits per heavy atom. The van der Waals surface area contributed by atoms with Crippen LogP contribution in [0.15, 0.2) is 29.2 Å². The number of sulfonamides is 1. The second-order valence-corrected chi connectivity index (χ2v) is 6.99. The fraction of sp³-hybridized carbons (Fsp3) is 0.571.